The SMILES string of the molecule is Cc1nc(C(=O)N2C[C@@H]3CCC[C@@H]3[C@H]2CN)c(-c2ccc(F)c(F)c2)s1. The van der Waals surface area contributed by atoms with Crippen molar-refractivity contribution in [2.75, 3.05) is 13.1 Å². The summed E-state index contributed by atoms with van der Waals surface area (Å²) in [6, 6.07) is 3.73. The minimum Gasteiger partial charge on any atom is -0.332 e. The van der Waals surface area contributed by atoms with E-state index in [0.717, 1.165) is 30.0 Å². The first-order chi connectivity index (χ1) is 12.5. The van der Waals surface area contributed by atoms with Crippen molar-refractivity contribution < 1.29 is 13.6 Å². The standard InChI is InChI=1S/C19H21F2N3OS/c1-10-23-17(18(26-10)11-5-6-14(20)15(21)7-11)19(25)24-9-12-3-2-4-13(12)16(24)8-22/h5-7,12-13,16H,2-4,8-9,22H2,1H3/t12-,13-,16+/m0/s1. The van der Waals surface area contributed by atoms with E-state index in [-0.39, 0.29) is 11.9 Å². The van der Waals surface area contributed by atoms with Crippen molar-refractivity contribution in [1.82, 2.24) is 9.88 Å². The van der Waals surface area contributed by atoms with Gasteiger partial charge in [0.05, 0.1) is 9.88 Å². The molecule has 0 spiro atoms. The van der Waals surface area contributed by atoms with Crippen LogP contribution in [0.15, 0.2) is 18.2 Å². The molecule has 1 aliphatic carbocycles. The molecule has 0 radical (unpaired) electrons. The average Bonchev–Trinajstić information content (AvgIpc) is 3.30. The number of carbonyl (C=O) groups excluding carboxylic acids is 1. The number of fused-ring (bicyclic) bond motifs is 1. The quantitative estimate of drug-likeness (QED) is 0.889. The predicted molar refractivity (Wildman–Crippen MR) is 96.9 cm³/mol. The third-order valence-electron chi connectivity index (χ3n) is 5.66. The van der Waals surface area contributed by atoms with Crippen molar-refractivity contribution in [2.24, 2.45) is 17.6 Å². The lowest BCUT2D eigenvalue weighted by atomic mass is 9.94. The van der Waals surface area contributed by atoms with Crippen molar-refractivity contribution >= 4 is 17.2 Å². The van der Waals surface area contributed by atoms with Crippen molar-refractivity contribution in [2.45, 2.75) is 32.2 Å². The van der Waals surface area contributed by atoms with Crippen LogP contribution in [-0.4, -0.2) is 34.9 Å². The van der Waals surface area contributed by atoms with Gasteiger partial charge >= 0.3 is 0 Å². The largest absolute Gasteiger partial charge is 0.332 e. The maximum atomic E-state index is 13.7. The van der Waals surface area contributed by atoms with Gasteiger partial charge < -0.3 is 10.6 Å². The zero-order valence-electron chi connectivity index (χ0n) is 14.5. The summed E-state index contributed by atoms with van der Waals surface area (Å²) in [5.74, 6) is -1.01. The molecule has 1 aromatic carbocycles. The van der Waals surface area contributed by atoms with Gasteiger partial charge in [-0.3, -0.25) is 4.79 Å². The third kappa shape index (κ3) is 2.83. The van der Waals surface area contributed by atoms with Gasteiger partial charge in [0, 0.05) is 19.1 Å². The van der Waals surface area contributed by atoms with Gasteiger partial charge in [0.15, 0.2) is 11.6 Å². The Bertz CT molecular complexity index is 853. The highest BCUT2D eigenvalue weighted by atomic mass is 32.1. The van der Waals surface area contributed by atoms with E-state index in [1.807, 2.05) is 11.8 Å². The molecule has 1 saturated heterocycles. The minimum absolute atomic E-state index is 0.0369. The van der Waals surface area contributed by atoms with Crippen LogP contribution in [0.2, 0.25) is 0 Å². The summed E-state index contributed by atoms with van der Waals surface area (Å²) >= 11 is 1.32. The van der Waals surface area contributed by atoms with E-state index in [9.17, 15) is 13.6 Å². The molecular formula is C19H21F2N3OS. The van der Waals surface area contributed by atoms with Crippen LogP contribution in [0.3, 0.4) is 0 Å². The second kappa shape index (κ2) is 6.70. The highest BCUT2D eigenvalue weighted by Gasteiger charge is 2.46. The smallest absolute Gasteiger partial charge is 0.274 e. The van der Waals surface area contributed by atoms with Crippen molar-refractivity contribution in [3.8, 4) is 10.4 Å². The number of likely N-dealkylation sites (tertiary alicyclic amines) is 1. The van der Waals surface area contributed by atoms with Crippen LogP contribution in [0.4, 0.5) is 8.78 Å². The Balaban J connectivity index is 1.70. The lowest BCUT2D eigenvalue weighted by Gasteiger charge is -2.26. The number of halogens is 2. The number of hydrogen-bond acceptors (Lipinski definition) is 4. The molecule has 2 N–H and O–H groups in total. The summed E-state index contributed by atoms with van der Waals surface area (Å²) in [6.07, 6.45) is 3.45. The monoisotopic (exact) mass is 377 g/mol. The zero-order valence-corrected chi connectivity index (χ0v) is 15.4. The summed E-state index contributed by atoms with van der Waals surface area (Å²) < 4.78 is 27.0. The Morgan fingerprint density at radius 1 is 1.35 bits per heavy atom. The Morgan fingerprint density at radius 3 is 2.88 bits per heavy atom. The van der Waals surface area contributed by atoms with E-state index in [1.54, 1.807) is 0 Å². The molecule has 1 aliphatic heterocycles. The molecule has 0 unspecified atom stereocenters. The van der Waals surface area contributed by atoms with Crippen LogP contribution in [0.1, 0.15) is 34.8 Å². The number of nitrogens with two attached hydrogens (primary N) is 1. The second-order valence-corrected chi connectivity index (χ2v) is 8.36. The third-order valence-corrected chi connectivity index (χ3v) is 6.68. The first kappa shape index (κ1) is 17.5. The van der Waals surface area contributed by atoms with Crippen molar-refractivity contribution in [3.63, 3.8) is 0 Å². The van der Waals surface area contributed by atoms with Gasteiger partial charge in [-0.25, -0.2) is 13.8 Å². The maximum absolute atomic E-state index is 13.7. The second-order valence-electron chi connectivity index (χ2n) is 7.15. The number of rotatable bonds is 3. The highest BCUT2D eigenvalue weighted by Crippen LogP contribution is 2.43. The molecule has 4 nitrogen and oxygen atoms in total. The number of carbonyl (C=O) groups is 1. The molecule has 26 heavy (non-hydrogen) atoms. The Kier molecular flexibility index (Phi) is 4.52. The van der Waals surface area contributed by atoms with E-state index in [4.69, 9.17) is 5.73 Å². The molecule has 1 amide bonds. The average molecular weight is 377 g/mol. The molecule has 4 rings (SSSR count). The van der Waals surface area contributed by atoms with Gasteiger partial charge in [-0.05, 0) is 49.3 Å². The van der Waals surface area contributed by atoms with Crippen LogP contribution in [0.5, 0.6) is 0 Å². The van der Waals surface area contributed by atoms with Crippen LogP contribution < -0.4 is 5.73 Å². The van der Waals surface area contributed by atoms with E-state index in [0.29, 0.717) is 41.1 Å². The number of aryl methyl sites for hydroxylation is 1. The van der Waals surface area contributed by atoms with Crippen LogP contribution >= 0.6 is 11.3 Å². The minimum atomic E-state index is -0.928. The summed E-state index contributed by atoms with van der Waals surface area (Å²) in [4.78, 5) is 20.1. The first-order valence-corrected chi connectivity index (χ1v) is 9.75. The van der Waals surface area contributed by atoms with E-state index in [2.05, 4.69) is 4.98 Å². The fourth-order valence-electron chi connectivity index (χ4n) is 4.49. The molecule has 1 saturated carbocycles. The Morgan fingerprint density at radius 2 is 2.15 bits per heavy atom. The van der Waals surface area contributed by atoms with Gasteiger partial charge in [0.1, 0.15) is 5.69 Å². The maximum Gasteiger partial charge on any atom is 0.274 e. The molecule has 2 aromatic rings. The van der Waals surface area contributed by atoms with Crippen LogP contribution in [-0.2, 0) is 0 Å². The van der Waals surface area contributed by atoms with Gasteiger partial charge in [-0.15, -0.1) is 11.3 Å². The lowest BCUT2D eigenvalue weighted by Crippen LogP contribution is -2.43. The molecule has 3 atom stereocenters. The van der Waals surface area contributed by atoms with Crippen LogP contribution in [0, 0.1) is 30.4 Å². The molecule has 138 valence electrons. The van der Waals surface area contributed by atoms with Gasteiger partial charge in [-0.1, -0.05) is 12.5 Å². The molecule has 2 aliphatic rings. The Labute approximate surface area is 155 Å². The molecular weight excluding hydrogens is 356 g/mol. The zero-order chi connectivity index (χ0) is 18.4. The normalized spacial score (nSPS) is 24.9. The van der Waals surface area contributed by atoms with Gasteiger partial charge in [0.25, 0.3) is 5.91 Å². The lowest BCUT2D eigenvalue weighted by molar-refractivity contribution is 0.0714. The number of nitrogens with zero attached hydrogens (tertiary/aromatic N) is 2. The number of aromatic nitrogens is 1. The molecule has 7 heteroatoms. The fourth-order valence-corrected chi connectivity index (χ4v) is 5.40. The number of amides is 1. The topological polar surface area (TPSA) is 59.2 Å². The van der Waals surface area contributed by atoms with Gasteiger partial charge in [0.2, 0.25) is 0 Å². The van der Waals surface area contributed by atoms with Crippen molar-refractivity contribution in [1.29, 1.82) is 0 Å². The number of benzene rings is 1. The highest BCUT2D eigenvalue weighted by molar-refractivity contribution is 7.15. The fraction of sp³-hybridized carbons (Fsp3) is 0.474. The summed E-state index contributed by atoms with van der Waals surface area (Å²) in [7, 11) is 0. The number of hydrogen-bond donors (Lipinski definition) is 1. The number of thiazole rings is 1. The van der Waals surface area contributed by atoms with E-state index in [1.165, 1.54) is 23.8 Å². The summed E-state index contributed by atoms with van der Waals surface area (Å²) in [6.45, 7) is 2.96. The molecule has 2 fully saturated rings. The Hall–Kier alpha value is -1.86. The molecule has 0 bridgehead atoms. The van der Waals surface area contributed by atoms with Gasteiger partial charge in [-0.2, -0.15) is 0 Å². The van der Waals surface area contributed by atoms with Crippen molar-refractivity contribution in [3.05, 3.63) is 40.5 Å². The summed E-state index contributed by atoms with van der Waals surface area (Å²) in [5, 5.41) is 0.719. The van der Waals surface area contributed by atoms with Crippen LogP contribution in [0.25, 0.3) is 10.4 Å². The van der Waals surface area contributed by atoms with E-state index < -0.39 is 11.6 Å². The first-order valence-electron chi connectivity index (χ1n) is 8.93. The summed E-state index contributed by atoms with van der Waals surface area (Å²) in [5.41, 5.74) is 6.77. The predicted octanol–water partition coefficient (Wildman–Crippen LogP) is 3.60. The van der Waals surface area contributed by atoms with E-state index >= 15 is 0 Å². The molecule has 2 heterocycles. The molecule has 1 aromatic heterocycles.